The molecule has 0 saturated heterocycles. The average molecular weight is 573 g/mol. The van der Waals surface area contributed by atoms with Gasteiger partial charge in [0.25, 0.3) is 5.91 Å². The van der Waals surface area contributed by atoms with Crippen LogP contribution in [0.1, 0.15) is 92.7 Å². The van der Waals surface area contributed by atoms with Gasteiger partial charge in [-0.3, -0.25) is 19.5 Å². The number of pyridine rings is 1. The minimum Gasteiger partial charge on any atom is -0.496 e. The molecule has 1 aliphatic carbocycles. The lowest BCUT2D eigenvalue weighted by Crippen LogP contribution is -2.26. The van der Waals surface area contributed by atoms with Gasteiger partial charge in [-0.2, -0.15) is 0 Å². The van der Waals surface area contributed by atoms with Gasteiger partial charge in [0.1, 0.15) is 16.6 Å². The number of hydrogen-bond donors (Lipinski definition) is 1. The first-order valence-electron chi connectivity index (χ1n) is 14.2. The van der Waals surface area contributed by atoms with E-state index in [9.17, 15) is 13.6 Å². The van der Waals surface area contributed by atoms with Crippen LogP contribution >= 0.6 is 11.3 Å². The van der Waals surface area contributed by atoms with Gasteiger partial charge in [0.05, 0.1) is 24.9 Å². The summed E-state index contributed by atoms with van der Waals surface area (Å²) in [6.07, 6.45) is 12.8. The Balaban J connectivity index is 0.000000252. The van der Waals surface area contributed by atoms with Crippen molar-refractivity contribution in [2.45, 2.75) is 85.5 Å². The number of nitrogens with one attached hydrogen (secondary N) is 1. The molecule has 1 N–H and O–H groups in total. The molecule has 1 atom stereocenters. The standard InChI is InChI=1S/C17H15FN4O2S.C14H27F/c1-9-7-11(15-13(18)5-4-6-14(15)24-3)12(8-19-9)16(23)20-17-22-21-10(2)25-17;1-3-13(2)12-14(10-7-11-15)8-5-4-6-9-14/h4-8H,1-3H3,(H,20,22,23);13H,3-12H2,1-2H3. The molecule has 0 radical (unpaired) electrons. The number of aryl methyl sites for hydroxylation is 2. The van der Waals surface area contributed by atoms with E-state index < -0.39 is 11.7 Å². The van der Waals surface area contributed by atoms with Crippen LogP contribution in [0.25, 0.3) is 11.1 Å². The van der Waals surface area contributed by atoms with E-state index in [0.29, 0.717) is 27.6 Å². The Morgan fingerprint density at radius 1 is 1.20 bits per heavy atom. The highest BCUT2D eigenvalue weighted by molar-refractivity contribution is 7.15. The number of nitrogens with zero attached hydrogens (tertiary/aromatic N) is 3. The Labute approximate surface area is 241 Å². The molecule has 3 aromatic rings. The van der Waals surface area contributed by atoms with Crippen molar-refractivity contribution in [3.63, 3.8) is 0 Å². The second kappa shape index (κ2) is 15.2. The first kappa shape index (κ1) is 31.6. The van der Waals surface area contributed by atoms with Gasteiger partial charge in [0.2, 0.25) is 5.13 Å². The molecule has 9 heteroatoms. The van der Waals surface area contributed by atoms with Crippen LogP contribution in [-0.2, 0) is 0 Å². The third-order valence-corrected chi connectivity index (χ3v) is 8.48. The Hall–Kier alpha value is -2.94. The lowest BCUT2D eigenvalue weighted by atomic mass is 9.66. The second-order valence-corrected chi connectivity index (χ2v) is 12.0. The highest BCUT2D eigenvalue weighted by atomic mass is 32.1. The maximum absolute atomic E-state index is 14.5. The van der Waals surface area contributed by atoms with Crippen molar-refractivity contribution in [1.82, 2.24) is 15.2 Å². The first-order valence-corrected chi connectivity index (χ1v) is 15.0. The van der Waals surface area contributed by atoms with E-state index in [2.05, 4.69) is 34.3 Å². The Kier molecular flexibility index (Phi) is 12.0. The van der Waals surface area contributed by atoms with Gasteiger partial charge >= 0.3 is 0 Å². The summed E-state index contributed by atoms with van der Waals surface area (Å²) in [5.41, 5.74) is 2.01. The molecule has 1 aromatic carbocycles. The van der Waals surface area contributed by atoms with Crippen LogP contribution in [0.15, 0.2) is 30.5 Å². The number of anilines is 1. The van der Waals surface area contributed by atoms with Crippen LogP contribution in [-0.4, -0.2) is 34.9 Å². The van der Waals surface area contributed by atoms with E-state index in [-0.39, 0.29) is 17.8 Å². The van der Waals surface area contributed by atoms with E-state index in [4.69, 9.17) is 4.74 Å². The number of alkyl halides is 1. The number of methoxy groups -OCH3 is 1. The third-order valence-electron chi connectivity index (χ3n) is 7.73. The Bertz CT molecular complexity index is 1240. The van der Waals surface area contributed by atoms with Crippen molar-refractivity contribution < 1.29 is 18.3 Å². The summed E-state index contributed by atoms with van der Waals surface area (Å²) >= 11 is 1.25. The summed E-state index contributed by atoms with van der Waals surface area (Å²) in [4.78, 5) is 16.8. The SMILES string of the molecule is CCC(C)CC1(CCCF)CCCCC1.COc1cccc(F)c1-c1cc(C)ncc1C(=O)Nc1nnc(C)s1. The summed E-state index contributed by atoms with van der Waals surface area (Å²) < 4.78 is 32.1. The molecule has 4 rings (SSSR count). The highest BCUT2D eigenvalue weighted by Gasteiger charge is 2.32. The van der Waals surface area contributed by atoms with Gasteiger partial charge < -0.3 is 4.74 Å². The van der Waals surface area contributed by atoms with Crippen molar-refractivity contribution in [2.24, 2.45) is 11.3 Å². The van der Waals surface area contributed by atoms with Crippen molar-refractivity contribution in [3.8, 4) is 16.9 Å². The normalized spacial score (nSPS) is 15.1. The number of benzene rings is 1. The Morgan fingerprint density at radius 2 is 1.95 bits per heavy atom. The van der Waals surface area contributed by atoms with E-state index >= 15 is 0 Å². The van der Waals surface area contributed by atoms with E-state index in [0.717, 1.165) is 23.8 Å². The number of carbonyl (C=O) groups is 1. The molecular formula is C31H42F2N4O2S. The van der Waals surface area contributed by atoms with Gasteiger partial charge in [-0.05, 0) is 75.5 Å². The summed E-state index contributed by atoms with van der Waals surface area (Å²) in [5.74, 6) is 0.240. The molecule has 6 nitrogen and oxygen atoms in total. The average Bonchev–Trinajstić information content (AvgIpc) is 3.36. The van der Waals surface area contributed by atoms with Crippen LogP contribution in [0.4, 0.5) is 13.9 Å². The molecule has 1 unspecified atom stereocenters. The van der Waals surface area contributed by atoms with E-state index in [1.807, 2.05) is 0 Å². The topological polar surface area (TPSA) is 77.0 Å². The van der Waals surface area contributed by atoms with Crippen LogP contribution in [0, 0.1) is 31.0 Å². The monoisotopic (exact) mass is 572 g/mol. The number of aromatic nitrogens is 3. The molecule has 0 spiro atoms. The molecular weight excluding hydrogens is 530 g/mol. The smallest absolute Gasteiger partial charge is 0.259 e. The largest absolute Gasteiger partial charge is 0.496 e. The second-order valence-electron chi connectivity index (χ2n) is 10.8. The van der Waals surface area contributed by atoms with Crippen LogP contribution < -0.4 is 10.1 Å². The van der Waals surface area contributed by atoms with Crippen LogP contribution in [0.2, 0.25) is 0 Å². The number of halogens is 2. The predicted molar refractivity (Wildman–Crippen MR) is 158 cm³/mol. The van der Waals surface area contributed by atoms with Gasteiger partial charge in [-0.1, -0.05) is 56.9 Å². The maximum atomic E-state index is 14.5. The van der Waals surface area contributed by atoms with Crippen LogP contribution in [0.5, 0.6) is 5.75 Å². The molecule has 1 aliphatic rings. The van der Waals surface area contributed by atoms with E-state index in [1.54, 1.807) is 32.0 Å². The number of carbonyl (C=O) groups excluding carboxylic acids is 1. The quantitative estimate of drug-likeness (QED) is 0.263. The fourth-order valence-corrected chi connectivity index (χ4v) is 6.17. The van der Waals surface area contributed by atoms with Crippen molar-refractivity contribution in [3.05, 3.63) is 52.5 Å². The zero-order chi connectivity index (χ0) is 29.1. The summed E-state index contributed by atoms with van der Waals surface area (Å²) in [6, 6.07) is 6.17. The summed E-state index contributed by atoms with van der Waals surface area (Å²) in [7, 11) is 1.45. The number of amides is 1. The number of hydrogen-bond acceptors (Lipinski definition) is 6. The molecule has 0 bridgehead atoms. The fraction of sp³-hybridized carbons (Fsp3) is 0.548. The van der Waals surface area contributed by atoms with Crippen LogP contribution in [0.3, 0.4) is 0 Å². The predicted octanol–water partition coefficient (Wildman–Crippen LogP) is 8.74. The molecule has 1 amide bonds. The molecule has 218 valence electrons. The fourth-order valence-electron chi connectivity index (χ4n) is 5.58. The molecule has 2 heterocycles. The minimum absolute atomic E-state index is 0.123. The highest BCUT2D eigenvalue weighted by Crippen LogP contribution is 2.45. The third kappa shape index (κ3) is 8.53. The van der Waals surface area contributed by atoms with Crippen molar-refractivity contribution in [2.75, 3.05) is 19.1 Å². The van der Waals surface area contributed by atoms with E-state index in [1.165, 1.54) is 75.7 Å². The molecule has 40 heavy (non-hydrogen) atoms. The minimum atomic E-state index is -0.481. The summed E-state index contributed by atoms with van der Waals surface area (Å²) in [5, 5.41) is 11.5. The van der Waals surface area contributed by atoms with Gasteiger partial charge in [0.15, 0.2) is 0 Å². The maximum Gasteiger partial charge on any atom is 0.259 e. The molecule has 0 aliphatic heterocycles. The number of ether oxygens (including phenoxy) is 1. The van der Waals surface area contributed by atoms with Gasteiger partial charge in [0, 0.05) is 17.5 Å². The van der Waals surface area contributed by atoms with Gasteiger partial charge in [-0.15, -0.1) is 10.2 Å². The molecule has 1 fully saturated rings. The summed E-state index contributed by atoms with van der Waals surface area (Å²) in [6.45, 7) is 8.06. The molecule has 1 saturated carbocycles. The first-order chi connectivity index (χ1) is 19.2. The Morgan fingerprint density at radius 3 is 2.58 bits per heavy atom. The lowest BCUT2D eigenvalue weighted by molar-refractivity contribution is 0.102. The van der Waals surface area contributed by atoms with Crippen molar-refractivity contribution >= 4 is 22.4 Å². The zero-order valence-electron chi connectivity index (χ0n) is 24.4. The molecule has 2 aromatic heterocycles. The number of rotatable bonds is 10. The lowest BCUT2D eigenvalue weighted by Gasteiger charge is -2.39. The van der Waals surface area contributed by atoms with Gasteiger partial charge in [-0.25, -0.2) is 4.39 Å². The zero-order valence-corrected chi connectivity index (χ0v) is 25.2. The van der Waals surface area contributed by atoms with Crippen molar-refractivity contribution in [1.29, 1.82) is 0 Å².